The maximum Gasteiger partial charge on any atom is 0.291 e. The van der Waals surface area contributed by atoms with Gasteiger partial charge in [0, 0.05) is 17.1 Å². The van der Waals surface area contributed by atoms with Crippen LogP contribution in [-0.2, 0) is 16.6 Å². The molecule has 0 aliphatic heterocycles. The average molecular weight is 507 g/mol. The Kier molecular flexibility index (Phi) is 7.07. The Labute approximate surface area is 209 Å². The topological polar surface area (TPSA) is 123 Å². The molecule has 0 fully saturated rings. The molecule has 4 aromatic rings. The number of carbonyl (C=O) groups excluding carboxylic acids is 1. The highest BCUT2D eigenvalue weighted by molar-refractivity contribution is 7.92. The van der Waals surface area contributed by atoms with Crippen LogP contribution in [0.4, 0.5) is 11.6 Å². The van der Waals surface area contributed by atoms with Crippen LogP contribution in [0.1, 0.15) is 38.8 Å². The van der Waals surface area contributed by atoms with Crippen molar-refractivity contribution in [3.05, 3.63) is 94.7 Å². The Balaban J connectivity index is 1.37. The molecule has 0 spiro atoms. The van der Waals surface area contributed by atoms with Crippen molar-refractivity contribution in [1.82, 2.24) is 9.97 Å². The monoisotopic (exact) mass is 506 g/mol. The Morgan fingerprint density at radius 3 is 2.17 bits per heavy atom. The van der Waals surface area contributed by atoms with E-state index in [1.54, 1.807) is 32.0 Å². The summed E-state index contributed by atoms with van der Waals surface area (Å²) < 4.78 is 39.1. The molecule has 9 nitrogen and oxygen atoms in total. The van der Waals surface area contributed by atoms with Crippen molar-refractivity contribution in [2.45, 2.75) is 39.2 Å². The van der Waals surface area contributed by atoms with E-state index in [2.05, 4.69) is 26.1 Å². The van der Waals surface area contributed by atoms with E-state index < -0.39 is 15.9 Å². The van der Waals surface area contributed by atoms with Gasteiger partial charge in [-0.05, 0) is 93.4 Å². The van der Waals surface area contributed by atoms with Gasteiger partial charge in [0.15, 0.2) is 5.76 Å². The molecule has 2 aromatic heterocycles. The standard InChI is InChI=1S/C26H26N4O5S/c1-16-11-17(2)13-22(12-16)34-15-21-7-10-24(35-21)25(31)29-20-5-8-23(9-6-20)36(32,33)30-26-27-18(3)14-19(4)28-26/h5-14H,15H2,1-4H3,(H,29,31)(H,27,28,30). The smallest absolute Gasteiger partial charge is 0.291 e. The zero-order chi connectivity index (χ0) is 25.9. The fraction of sp³-hybridized carbons (Fsp3) is 0.192. The molecule has 1 amide bonds. The molecule has 0 unspecified atom stereocenters. The minimum atomic E-state index is -3.90. The van der Waals surface area contributed by atoms with Gasteiger partial charge in [0.2, 0.25) is 5.95 Å². The predicted molar refractivity (Wildman–Crippen MR) is 136 cm³/mol. The molecule has 0 saturated carbocycles. The number of sulfonamides is 1. The number of amides is 1. The van der Waals surface area contributed by atoms with Crippen LogP contribution in [0.15, 0.2) is 70.0 Å². The summed E-state index contributed by atoms with van der Waals surface area (Å²) in [5, 5.41) is 2.69. The molecular formula is C26H26N4O5S. The highest BCUT2D eigenvalue weighted by atomic mass is 32.2. The summed E-state index contributed by atoms with van der Waals surface area (Å²) in [7, 11) is -3.90. The molecule has 2 heterocycles. The van der Waals surface area contributed by atoms with E-state index in [1.165, 1.54) is 24.3 Å². The molecule has 0 aliphatic carbocycles. The Hall–Kier alpha value is -4.18. The molecule has 0 radical (unpaired) electrons. The third-order valence-electron chi connectivity index (χ3n) is 5.09. The predicted octanol–water partition coefficient (Wildman–Crippen LogP) is 4.94. The second-order valence-corrected chi connectivity index (χ2v) is 10.1. The summed E-state index contributed by atoms with van der Waals surface area (Å²) in [6.45, 7) is 7.67. The number of hydrogen-bond acceptors (Lipinski definition) is 7. The molecular weight excluding hydrogens is 480 g/mol. The van der Waals surface area contributed by atoms with Gasteiger partial charge in [0.25, 0.3) is 15.9 Å². The first-order chi connectivity index (χ1) is 17.1. The van der Waals surface area contributed by atoms with Crippen molar-refractivity contribution < 1.29 is 22.4 Å². The zero-order valence-corrected chi connectivity index (χ0v) is 21.1. The quantitative estimate of drug-likeness (QED) is 0.347. The van der Waals surface area contributed by atoms with Crippen molar-refractivity contribution in [3.8, 4) is 5.75 Å². The SMILES string of the molecule is Cc1cc(C)cc(OCc2ccc(C(=O)Nc3ccc(S(=O)(=O)Nc4nc(C)cc(C)n4)cc3)o2)c1. The van der Waals surface area contributed by atoms with Gasteiger partial charge in [-0.25, -0.2) is 23.1 Å². The number of nitrogens with one attached hydrogen (secondary N) is 2. The van der Waals surface area contributed by atoms with E-state index in [-0.39, 0.29) is 23.2 Å². The highest BCUT2D eigenvalue weighted by Crippen LogP contribution is 2.20. The lowest BCUT2D eigenvalue weighted by atomic mass is 10.1. The Morgan fingerprint density at radius 1 is 0.889 bits per heavy atom. The molecule has 4 rings (SSSR count). The van der Waals surface area contributed by atoms with Crippen molar-refractivity contribution >= 4 is 27.6 Å². The summed E-state index contributed by atoms with van der Waals surface area (Å²) >= 11 is 0. The van der Waals surface area contributed by atoms with E-state index in [9.17, 15) is 13.2 Å². The fourth-order valence-electron chi connectivity index (χ4n) is 3.61. The van der Waals surface area contributed by atoms with Crippen LogP contribution in [0, 0.1) is 27.7 Å². The number of hydrogen-bond donors (Lipinski definition) is 2. The highest BCUT2D eigenvalue weighted by Gasteiger charge is 2.17. The second-order valence-electron chi connectivity index (χ2n) is 8.44. The molecule has 2 N–H and O–H groups in total. The molecule has 2 aromatic carbocycles. The average Bonchev–Trinajstić information content (AvgIpc) is 3.26. The van der Waals surface area contributed by atoms with Crippen LogP contribution < -0.4 is 14.8 Å². The van der Waals surface area contributed by atoms with Crippen molar-refractivity contribution in [3.63, 3.8) is 0 Å². The van der Waals surface area contributed by atoms with Crippen molar-refractivity contribution in [1.29, 1.82) is 0 Å². The normalized spacial score (nSPS) is 11.2. The number of furan rings is 1. The number of aryl methyl sites for hydroxylation is 4. The molecule has 0 atom stereocenters. The van der Waals surface area contributed by atoms with Crippen molar-refractivity contribution in [2.75, 3.05) is 10.0 Å². The van der Waals surface area contributed by atoms with Gasteiger partial charge in [-0.15, -0.1) is 0 Å². The number of ether oxygens (including phenoxy) is 1. The van der Waals surface area contributed by atoms with Crippen LogP contribution in [0.5, 0.6) is 5.75 Å². The third-order valence-corrected chi connectivity index (χ3v) is 6.44. The first-order valence-electron chi connectivity index (χ1n) is 11.1. The number of nitrogens with zero attached hydrogens (tertiary/aromatic N) is 2. The van der Waals surface area contributed by atoms with E-state index in [4.69, 9.17) is 9.15 Å². The van der Waals surface area contributed by atoms with Gasteiger partial charge in [-0.2, -0.15) is 0 Å². The van der Waals surface area contributed by atoms with Crippen LogP contribution in [0.25, 0.3) is 0 Å². The first-order valence-corrected chi connectivity index (χ1v) is 12.6. The zero-order valence-electron chi connectivity index (χ0n) is 20.3. The number of rotatable bonds is 8. The van der Waals surface area contributed by atoms with Crippen LogP contribution in [0.2, 0.25) is 0 Å². The van der Waals surface area contributed by atoms with E-state index in [0.717, 1.165) is 16.9 Å². The van der Waals surface area contributed by atoms with Gasteiger partial charge < -0.3 is 14.5 Å². The number of anilines is 2. The summed E-state index contributed by atoms with van der Waals surface area (Å²) in [6.07, 6.45) is 0. The van der Waals surface area contributed by atoms with Gasteiger partial charge in [-0.1, -0.05) is 6.07 Å². The van der Waals surface area contributed by atoms with Gasteiger partial charge in [0.05, 0.1) is 4.90 Å². The number of benzene rings is 2. The molecule has 36 heavy (non-hydrogen) atoms. The lowest BCUT2D eigenvalue weighted by Gasteiger charge is -2.09. The minimum Gasteiger partial charge on any atom is -0.486 e. The summed E-state index contributed by atoms with van der Waals surface area (Å²) in [4.78, 5) is 20.8. The Morgan fingerprint density at radius 2 is 1.53 bits per heavy atom. The first kappa shape index (κ1) is 24.9. The Bertz CT molecular complexity index is 1470. The lowest BCUT2D eigenvalue weighted by Crippen LogP contribution is -2.16. The number of aromatic nitrogens is 2. The van der Waals surface area contributed by atoms with Gasteiger partial charge >= 0.3 is 0 Å². The minimum absolute atomic E-state index is 0.0000147. The van der Waals surface area contributed by atoms with Crippen LogP contribution in [-0.4, -0.2) is 24.3 Å². The van der Waals surface area contributed by atoms with E-state index in [0.29, 0.717) is 22.8 Å². The summed E-state index contributed by atoms with van der Waals surface area (Å²) in [5.74, 6) is 0.869. The van der Waals surface area contributed by atoms with Gasteiger partial charge in [0.1, 0.15) is 18.1 Å². The maximum atomic E-state index is 12.7. The molecule has 0 saturated heterocycles. The van der Waals surface area contributed by atoms with Crippen LogP contribution in [0.3, 0.4) is 0 Å². The third kappa shape index (κ3) is 6.28. The van der Waals surface area contributed by atoms with E-state index in [1.807, 2.05) is 26.0 Å². The largest absolute Gasteiger partial charge is 0.486 e. The lowest BCUT2D eigenvalue weighted by molar-refractivity contribution is 0.0992. The maximum absolute atomic E-state index is 12.7. The van der Waals surface area contributed by atoms with Crippen molar-refractivity contribution in [2.24, 2.45) is 0 Å². The molecule has 10 heteroatoms. The molecule has 186 valence electrons. The van der Waals surface area contributed by atoms with Gasteiger partial charge in [-0.3, -0.25) is 4.79 Å². The number of carbonyl (C=O) groups is 1. The summed E-state index contributed by atoms with van der Waals surface area (Å²) in [6, 6.07) is 16.6. The summed E-state index contributed by atoms with van der Waals surface area (Å²) in [5.41, 5.74) is 3.90. The van der Waals surface area contributed by atoms with Crippen LogP contribution >= 0.6 is 0 Å². The van der Waals surface area contributed by atoms with E-state index >= 15 is 0 Å². The molecule has 0 bridgehead atoms. The molecule has 0 aliphatic rings. The second kappa shape index (κ2) is 10.2. The fourth-order valence-corrected chi connectivity index (χ4v) is 4.55.